The molecule has 2 atom stereocenters. The molecule has 0 unspecified atom stereocenters. The lowest BCUT2D eigenvalue weighted by Crippen LogP contribution is -2.46. The summed E-state index contributed by atoms with van der Waals surface area (Å²) in [6, 6.07) is -0.684. The van der Waals surface area contributed by atoms with Gasteiger partial charge in [0, 0.05) is 23.6 Å². The first-order valence-electron chi connectivity index (χ1n) is 9.21. The second kappa shape index (κ2) is 7.62. The third-order valence-electron chi connectivity index (χ3n) is 5.20. The number of nitrogens with one attached hydrogen (secondary N) is 1. The summed E-state index contributed by atoms with van der Waals surface area (Å²) in [7, 11) is 0. The molecule has 152 valence electrons. The van der Waals surface area contributed by atoms with Crippen molar-refractivity contribution in [2.45, 2.75) is 51.4 Å². The minimum absolute atomic E-state index is 0.0672. The maximum atomic E-state index is 12.7. The molecule has 2 aliphatic heterocycles. The number of aromatic amines is 1. The van der Waals surface area contributed by atoms with Gasteiger partial charge in [0.2, 0.25) is 11.7 Å². The molecule has 3 rings (SSSR count). The van der Waals surface area contributed by atoms with Crippen LogP contribution in [0.25, 0.3) is 0 Å². The van der Waals surface area contributed by atoms with Crippen LogP contribution in [0.2, 0.25) is 0 Å². The fraction of sp³-hybridized carbons (Fsp3) is 0.579. The summed E-state index contributed by atoms with van der Waals surface area (Å²) in [6.07, 6.45) is 1.11. The van der Waals surface area contributed by atoms with Crippen molar-refractivity contribution in [1.82, 2.24) is 9.88 Å². The van der Waals surface area contributed by atoms with Crippen LogP contribution in [0.3, 0.4) is 0 Å². The van der Waals surface area contributed by atoms with Gasteiger partial charge in [-0.25, -0.2) is 9.59 Å². The molecule has 0 aliphatic carbocycles. The molecule has 1 aromatic rings. The van der Waals surface area contributed by atoms with Crippen LogP contribution in [-0.2, 0) is 19.1 Å². The molecule has 0 aromatic carbocycles. The summed E-state index contributed by atoms with van der Waals surface area (Å²) in [5.74, 6) is -1.29. The molecular formula is C19H24N2O6S. The zero-order valence-corrected chi connectivity index (χ0v) is 17.2. The smallest absolute Gasteiger partial charge is 0.340 e. The Kier molecular flexibility index (Phi) is 5.56. The van der Waals surface area contributed by atoms with Crippen LogP contribution < -0.4 is 0 Å². The van der Waals surface area contributed by atoms with Crippen LogP contribution in [0.4, 0.5) is 0 Å². The van der Waals surface area contributed by atoms with Crippen molar-refractivity contribution in [3.8, 4) is 0 Å². The number of ketones is 1. The molecule has 2 aliphatic rings. The number of aryl methyl sites for hydroxylation is 2. The van der Waals surface area contributed by atoms with Crippen LogP contribution in [-0.4, -0.2) is 63.4 Å². The number of carbonyl (C=O) groups excluding carboxylic acids is 4. The average molecular weight is 408 g/mol. The van der Waals surface area contributed by atoms with Crippen LogP contribution in [0, 0.1) is 13.8 Å². The predicted molar refractivity (Wildman–Crippen MR) is 102 cm³/mol. The van der Waals surface area contributed by atoms with Gasteiger partial charge in [0.1, 0.15) is 6.04 Å². The summed E-state index contributed by atoms with van der Waals surface area (Å²) < 4.78 is 10.3. The number of rotatable bonds is 6. The van der Waals surface area contributed by atoms with E-state index < -0.39 is 30.4 Å². The van der Waals surface area contributed by atoms with Crippen molar-refractivity contribution in [1.29, 1.82) is 0 Å². The number of amides is 1. The van der Waals surface area contributed by atoms with Crippen LogP contribution in [0.1, 0.15) is 58.8 Å². The first kappa shape index (κ1) is 20.4. The third kappa shape index (κ3) is 3.43. The highest BCUT2D eigenvalue weighted by Crippen LogP contribution is 2.47. The van der Waals surface area contributed by atoms with Gasteiger partial charge in [-0.05, 0) is 34.1 Å². The van der Waals surface area contributed by atoms with Crippen molar-refractivity contribution in [2.75, 3.05) is 19.0 Å². The van der Waals surface area contributed by atoms with E-state index in [1.165, 1.54) is 0 Å². The average Bonchev–Trinajstić information content (AvgIpc) is 3.23. The Morgan fingerprint density at radius 2 is 1.89 bits per heavy atom. The zero-order chi connectivity index (χ0) is 20.6. The molecule has 28 heavy (non-hydrogen) atoms. The SMILES string of the molecule is CCOC(=O)c1c(C)[nH]c(C)c1C(=O)COC(=O)[C@H]1CS[C@@]2(C)CCC(=O)N12. The van der Waals surface area contributed by atoms with E-state index in [1.807, 2.05) is 6.92 Å². The minimum atomic E-state index is -0.684. The van der Waals surface area contributed by atoms with Gasteiger partial charge in [0.05, 0.1) is 22.6 Å². The summed E-state index contributed by atoms with van der Waals surface area (Å²) in [4.78, 5) is 53.7. The molecule has 1 aromatic heterocycles. The summed E-state index contributed by atoms with van der Waals surface area (Å²) in [6.45, 7) is 6.67. The van der Waals surface area contributed by atoms with Gasteiger partial charge in [0.25, 0.3) is 0 Å². The first-order chi connectivity index (χ1) is 13.2. The molecule has 2 saturated heterocycles. The molecule has 9 heteroatoms. The lowest BCUT2D eigenvalue weighted by Gasteiger charge is -2.29. The number of aromatic nitrogens is 1. The van der Waals surface area contributed by atoms with Gasteiger partial charge >= 0.3 is 11.9 Å². The van der Waals surface area contributed by atoms with Gasteiger partial charge in [-0.3, -0.25) is 9.59 Å². The van der Waals surface area contributed by atoms with Crippen molar-refractivity contribution < 1.29 is 28.7 Å². The molecule has 1 amide bonds. The lowest BCUT2D eigenvalue weighted by molar-refractivity contribution is -0.152. The van der Waals surface area contributed by atoms with E-state index in [4.69, 9.17) is 9.47 Å². The van der Waals surface area contributed by atoms with E-state index in [2.05, 4.69) is 4.98 Å². The molecule has 8 nitrogen and oxygen atoms in total. The predicted octanol–water partition coefficient (Wildman–Crippen LogP) is 1.99. The fourth-order valence-corrected chi connectivity index (χ4v) is 5.31. The number of nitrogens with zero attached hydrogens (tertiary/aromatic N) is 1. The Morgan fingerprint density at radius 3 is 2.57 bits per heavy atom. The van der Waals surface area contributed by atoms with Crippen LogP contribution in [0.15, 0.2) is 0 Å². The Bertz CT molecular complexity index is 848. The molecule has 0 saturated carbocycles. The van der Waals surface area contributed by atoms with Gasteiger partial charge < -0.3 is 19.4 Å². The highest BCUT2D eigenvalue weighted by Gasteiger charge is 2.53. The largest absolute Gasteiger partial charge is 0.462 e. The molecule has 0 bridgehead atoms. The second-order valence-corrected chi connectivity index (χ2v) is 8.64. The Morgan fingerprint density at radius 1 is 1.21 bits per heavy atom. The normalized spacial score (nSPS) is 23.6. The minimum Gasteiger partial charge on any atom is -0.462 e. The van der Waals surface area contributed by atoms with E-state index in [1.54, 1.807) is 37.4 Å². The number of hydrogen-bond acceptors (Lipinski definition) is 7. The first-order valence-corrected chi connectivity index (χ1v) is 10.2. The van der Waals surface area contributed by atoms with Gasteiger partial charge in [-0.2, -0.15) is 0 Å². The molecule has 2 fully saturated rings. The number of H-pyrrole nitrogens is 1. The number of thioether (sulfide) groups is 1. The van der Waals surface area contributed by atoms with Gasteiger partial charge in [-0.15, -0.1) is 11.8 Å². The van der Waals surface area contributed by atoms with Crippen molar-refractivity contribution in [3.05, 3.63) is 22.5 Å². The van der Waals surface area contributed by atoms with Gasteiger partial charge in [0.15, 0.2) is 6.61 Å². The molecule has 0 radical (unpaired) electrons. The molecule has 3 heterocycles. The van der Waals surface area contributed by atoms with E-state index in [0.29, 0.717) is 30.0 Å². The topological polar surface area (TPSA) is 106 Å². The van der Waals surface area contributed by atoms with E-state index in [0.717, 1.165) is 0 Å². The van der Waals surface area contributed by atoms with E-state index >= 15 is 0 Å². The Labute approximate surface area is 167 Å². The lowest BCUT2D eigenvalue weighted by atomic mass is 10.1. The van der Waals surface area contributed by atoms with E-state index in [9.17, 15) is 19.2 Å². The summed E-state index contributed by atoms with van der Waals surface area (Å²) >= 11 is 1.56. The zero-order valence-electron chi connectivity index (χ0n) is 16.4. The molecule has 1 N–H and O–H groups in total. The fourth-order valence-electron chi connectivity index (χ4n) is 3.89. The number of carbonyl (C=O) groups is 4. The highest BCUT2D eigenvalue weighted by molar-refractivity contribution is 8.01. The van der Waals surface area contributed by atoms with Crippen molar-refractivity contribution in [3.63, 3.8) is 0 Å². The Hall–Kier alpha value is -2.29. The second-order valence-electron chi connectivity index (χ2n) is 7.14. The monoisotopic (exact) mass is 408 g/mol. The maximum Gasteiger partial charge on any atom is 0.340 e. The third-order valence-corrected chi connectivity index (χ3v) is 6.70. The van der Waals surface area contributed by atoms with Gasteiger partial charge in [-0.1, -0.05) is 0 Å². The summed E-state index contributed by atoms with van der Waals surface area (Å²) in [5.41, 5.74) is 1.38. The highest BCUT2D eigenvalue weighted by atomic mass is 32.2. The number of fused-ring (bicyclic) bond motifs is 1. The number of Topliss-reactive ketones (excluding diaryl/α,β-unsaturated/α-hetero) is 1. The standard InChI is InChI=1S/C19H24N2O6S/c1-5-26-18(25)16-11(3)20-10(2)15(16)13(22)8-27-17(24)12-9-28-19(4)7-6-14(23)21(12)19/h12,20H,5-9H2,1-4H3/t12-,19+/m1/s1. The molecule has 0 spiro atoms. The van der Waals surface area contributed by atoms with E-state index in [-0.39, 0.29) is 28.5 Å². The van der Waals surface area contributed by atoms with Crippen molar-refractivity contribution in [2.24, 2.45) is 0 Å². The molecular weight excluding hydrogens is 384 g/mol. The van der Waals surface area contributed by atoms with Crippen LogP contribution in [0.5, 0.6) is 0 Å². The number of hydrogen-bond donors (Lipinski definition) is 1. The Balaban J connectivity index is 1.71. The maximum absolute atomic E-state index is 12.7. The summed E-state index contributed by atoms with van der Waals surface area (Å²) in [5, 5.41) is 0. The van der Waals surface area contributed by atoms with Crippen LogP contribution >= 0.6 is 11.8 Å². The quantitative estimate of drug-likeness (QED) is 0.567. The van der Waals surface area contributed by atoms with Crippen molar-refractivity contribution >= 4 is 35.4 Å². The number of ether oxygens (including phenoxy) is 2. The number of esters is 2.